The van der Waals surface area contributed by atoms with Crippen molar-refractivity contribution in [3.05, 3.63) is 71.8 Å². The van der Waals surface area contributed by atoms with E-state index >= 15 is 0 Å². The molecule has 1 fully saturated rings. The van der Waals surface area contributed by atoms with Gasteiger partial charge in [0.1, 0.15) is 0 Å². The Balaban J connectivity index is 2.11. The smallest absolute Gasteiger partial charge is 0.336 e. The lowest BCUT2D eigenvalue weighted by atomic mass is 9.88. The molecule has 1 saturated heterocycles. The van der Waals surface area contributed by atoms with Gasteiger partial charge in [-0.2, -0.15) is 0 Å². The van der Waals surface area contributed by atoms with Crippen LogP contribution in [0.3, 0.4) is 0 Å². The fraction of sp³-hybridized carbons (Fsp3) is 0.133. The summed E-state index contributed by atoms with van der Waals surface area (Å²) in [6, 6.07) is 19.0. The molecule has 90 valence electrons. The lowest BCUT2D eigenvalue weighted by molar-refractivity contribution is -0.138. The molecule has 1 aliphatic heterocycles. The molecule has 1 aliphatic rings. The maximum atomic E-state index is 11.2. The summed E-state index contributed by atoms with van der Waals surface area (Å²) in [5.41, 5.74) is 0.932. The van der Waals surface area contributed by atoms with E-state index in [1.54, 1.807) is 0 Å². The first-order valence-electron chi connectivity index (χ1n) is 5.77. The molecule has 0 amide bonds. The molecule has 3 heteroatoms. The monoisotopic (exact) mass is 240 g/mol. The molecule has 1 N–H and O–H groups in total. The number of aliphatic carboxylic acids is 1. The molecular weight excluding hydrogens is 228 g/mol. The lowest BCUT2D eigenvalue weighted by Crippen LogP contribution is -2.20. The number of ether oxygens (including phenoxy) is 1. The zero-order valence-corrected chi connectivity index (χ0v) is 9.61. The highest BCUT2D eigenvalue weighted by molar-refractivity contribution is 5.79. The Labute approximate surface area is 105 Å². The van der Waals surface area contributed by atoms with Crippen molar-refractivity contribution in [2.45, 2.75) is 11.7 Å². The summed E-state index contributed by atoms with van der Waals surface area (Å²) in [4.78, 5) is 11.2. The van der Waals surface area contributed by atoms with E-state index in [1.165, 1.54) is 0 Å². The molecule has 2 aromatic carbocycles. The quantitative estimate of drug-likeness (QED) is 0.838. The van der Waals surface area contributed by atoms with Gasteiger partial charge in [0.25, 0.3) is 0 Å². The highest BCUT2D eigenvalue weighted by Crippen LogP contribution is 2.51. The molecule has 1 heterocycles. The average Bonchev–Trinajstić information content (AvgIpc) is 3.18. The van der Waals surface area contributed by atoms with Gasteiger partial charge in [0, 0.05) is 0 Å². The van der Waals surface area contributed by atoms with Crippen LogP contribution in [0.15, 0.2) is 60.7 Å². The van der Waals surface area contributed by atoms with Gasteiger partial charge in [-0.25, -0.2) is 4.79 Å². The van der Waals surface area contributed by atoms with Crippen LogP contribution in [0.2, 0.25) is 0 Å². The van der Waals surface area contributed by atoms with Gasteiger partial charge in [-0.1, -0.05) is 60.7 Å². The van der Waals surface area contributed by atoms with Crippen molar-refractivity contribution < 1.29 is 14.6 Å². The molecule has 3 rings (SSSR count). The van der Waals surface area contributed by atoms with Crippen molar-refractivity contribution in [1.29, 1.82) is 0 Å². The first kappa shape index (κ1) is 11.0. The number of carboxylic acid groups (broad SMARTS) is 1. The van der Waals surface area contributed by atoms with Crippen LogP contribution >= 0.6 is 0 Å². The van der Waals surface area contributed by atoms with E-state index in [9.17, 15) is 9.90 Å². The van der Waals surface area contributed by atoms with E-state index in [-0.39, 0.29) is 0 Å². The molecule has 0 saturated carbocycles. The minimum atomic E-state index is -0.928. The van der Waals surface area contributed by atoms with Gasteiger partial charge in [0.15, 0.2) is 11.7 Å². The van der Waals surface area contributed by atoms with Crippen LogP contribution in [0, 0.1) is 0 Å². The van der Waals surface area contributed by atoms with E-state index in [0.29, 0.717) is 0 Å². The van der Waals surface area contributed by atoms with Crippen LogP contribution in [-0.4, -0.2) is 17.2 Å². The summed E-state index contributed by atoms with van der Waals surface area (Å²) in [6.45, 7) is 0. The van der Waals surface area contributed by atoms with Gasteiger partial charge >= 0.3 is 5.97 Å². The van der Waals surface area contributed by atoms with Crippen LogP contribution < -0.4 is 0 Å². The summed E-state index contributed by atoms with van der Waals surface area (Å²) in [6.07, 6.45) is -0.803. The SMILES string of the molecule is O=C(O)[C@H]1OC1(c1ccccc1)c1ccccc1. The van der Waals surface area contributed by atoms with Gasteiger partial charge in [0.05, 0.1) is 0 Å². The minimum absolute atomic E-state index is 0.803. The second-order valence-corrected chi connectivity index (χ2v) is 4.30. The number of benzene rings is 2. The first-order valence-corrected chi connectivity index (χ1v) is 5.77. The largest absolute Gasteiger partial charge is 0.479 e. The van der Waals surface area contributed by atoms with Crippen molar-refractivity contribution in [3.63, 3.8) is 0 Å². The molecule has 0 aromatic heterocycles. The Hall–Kier alpha value is -2.13. The molecule has 0 spiro atoms. The van der Waals surface area contributed by atoms with Crippen LogP contribution in [0.25, 0.3) is 0 Å². The minimum Gasteiger partial charge on any atom is -0.479 e. The highest BCUT2D eigenvalue weighted by atomic mass is 16.6. The number of hydrogen-bond donors (Lipinski definition) is 1. The van der Waals surface area contributed by atoms with Crippen molar-refractivity contribution in [2.24, 2.45) is 0 Å². The molecule has 0 radical (unpaired) electrons. The zero-order valence-electron chi connectivity index (χ0n) is 9.61. The van der Waals surface area contributed by atoms with E-state index in [1.807, 2.05) is 60.7 Å². The summed E-state index contributed by atoms with van der Waals surface area (Å²) in [5.74, 6) is -0.928. The lowest BCUT2D eigenvalue weighted by Gasteiger charge is -2.13. The van der Waals surface area contributed by atoms with Crippen molar-refractivity contribution in [3.8, 4) is 0 Å². The van der Waals surface area contributed by atoms with E-state index in [4.69, 9.17) is 4.74 Å². The molecule has 3 nitrogen and oxygen atoms in total. The third-order valence-electron chi connectivity index (χ3n) is 3.25. The fourth-order valence-electron chi connectivity index (χ4n) is 2.35. The Kier molecular flexibility index (Phi) is 2.42. The third kappa shape index (κ3) is 1.52. The van der Waals surface area contributed by atoms with E-state index in [0.717, 1.165) is 11.1 Å². The second-order valence-electron chi connectivity index (χ2n) is 4.30. The number of rotatable bonds is 3. The van der Waals surface area contributed by atoms with Crippen molar-refractivity contribution >= 4 is 5.97 Å². The standard InChI is InChI=1S/C15H12O3/c16-14(17)13-15(18-13,11-7-3-1-4-8-11)12-9-5-2-6-10-12/h1-10,13H,(H,16,17)/t13-/m1/s1. The molecule has 0 aliphatic carbocycles. The Bertz CT molecular complexity index is 523. The first-order chi connectivity index (χ1) is 8.75. The van der Waals surface area contributed by atoms with Crippen molar-refractivity contribution in [1.82, 2.24) is 0 Å². The fourth-order valence-corrected chi connectivity index (χ4v) is 2.35. The predicted molar refractivity (Wildman–Crippen MR) is 66.2 cm³/mol. The summed E-state index contributed by atoms with van der Waals surface area (Å²) >= 11 is 0. The molecule has 18 heavy (non-hydrogen) atoms. The Morgan fingerprint density at radius 2 is 1.39 bits per heavy atom. The normalized spacial score (nSPS) is 20.3. The second kappa shape index (κ2) is 3.96. The van der Waals surface area contributed by atoms with Crippen LogP contribution in [0.1, 0.15) is 11.1 Å². The highest BCUT2D eigenvalue weighted by Gasteiger charge is 2.63. The maximum absolute atomic E-state index is 11.2. The number of hydrogen-bond acceptors (Lipinski definition) is 2. The average molecular weight is 240 g/mol. The molecule has 1 atom stereocenters. The molecule has 2 aromatic rings. The topological polar surface area (TPSA) is 49.8 Å². The van der Waals surface area contributed by atoms with Gasteiger partial charge in [0.2, 0.25) is 0 Å². The van der Waals surface area contributed by atoms with E-state index in [2.05, 4.69) is 0 Å². The van der Waals surface area contributed by atoms with Gasteiger partial charge in [-0.3, -0.25) is 0 Å². The van der Waals surface area contributed by atoms with E-state index < -0.39 is 17.7 Å². The number of carbonyl (C=O) groups is 1. The van der Waals surface area contributed by atoms with Crippen LogP contribution in [0.4, 0.5) is 0 Å². The van der Waals surface area contributed by atoms with Crippen LogP contribution in [-0.2, 0) is 15.1 Å². The number of carboxylic acids is 1. The van der Waals surface area contributed by atoms with Gasteiger partial charge in [-0.15, -0.1) is 0 Å². The van der Waals surface area contributed by atoms with Crippen molar-refractivity contribution in [2.75, 3.05) is 0 Å². The summed E-state index contributed by atoms with van der Waals surface area (Å²) < 4.78 is 5.54. The maximum Gasteiger partial charge on any atom is 0.336 e. The zero-order chi connectivity index (χ0) is 12.6. The van der Waals surface area contributed by atoms with Gasteiger partial charge < -0.3 is 9.84 Å². The van der Waals surface area contributed by atoms with Crippen LogP contribution in [0.5, 0.6) is 0 Å². The Morgan fingerprint density at radius 1 is 0.944 bits per heavy atom. The summed E-state index contributed by atoms with van der Waals surface area (Å²) in [5, 5.41) is 9.19. The molecule has 0 unspecified atom stereocenters. The predicted octanol–water partition coefficient (Wildman–Crippen LogP) is 2.41. The Morgan fingerprint density at radius 3 is 1.72 bits per heavy atom. The molecular formula is C15H12O3. The number of epoxide rings is 1. The molecule has 0 bridgehead atoms. The summed E-state index contributed by atoms with van der Waals surface area (Å²) in [7, 11) is 0. The third-order valence-corrected chi connectivity index (χ3v) is 3.25. The van der Waals surface area contributed by atoms with Gasteiger partial charge in [-0.05, 0) is 11.1 Å².